The number of nitrogens with one attached hydrogen (secondary N) is 1. The molecule has 2 aliphatic heterocycles. The summed E-state index contributed by atoms with van der Waals surface area (Å²) < 4.78 is 0. The van der Waals surface area contributed by atoms with Gasteiger partial charge in [-0.25, -0.2) is 4.79 Å². The smallest absolute Gasteiger partial charge is 0.325 e. The Kier molecular flexibility index (Phi) is 4.85. The minimum absolute atomic E-state index is 0.129. The van der Waals surface area contributed by atoms with Crippen LogP contribution in [-0.2, 0) is 9.59 Å². The van der Waals surface area contributed by atoms with Crippen LogP contribution in [0.3, 0.4) is 0 Å². The molecular weight excluding hydrogens is 270 g/mol. The van der Waals surface area contributed by atoms with Gasteiger partial charge >= 0.3 is 6.03 Å². The molecule has 0 spiro atoms. The first-order chi connectivity index (χ1) is 9.88. The molecule has 0 saturated carbocycles. The predicted molar refractivity (Wildman–Crippen MR) is 78.5 cm³/mol. The topological polar surface area (TPSA) is 69.7 Å². The van der Waals surface area contributed by atoms with Crippen LogP contribution in [0.2, 0.25) is 0 Å². The van der Waals surface area contributed by atoms with Gasteiger partial charge in [0.05, 0.1) is 0 Å². The van der Waals surface area contributed by atoms with Gasteiger partial charge in [-0.1, -0.05) is 20.8 Å². The van der Waals surface area contributed by atoms with Gasteiger partial charge in [0.2, 0.25) is 5.91 Å². The van der Waals surface area contributed by atoms with E-state index in [-0.39, 0.29) is 18.4 Å². The van der Waals surface area contributed by atoms with Crippen LogP contribution < -0.4 is 5.32 Å². The minimum Gasteiger partial charge on any atom is -0.341 e. The van der Waals surface area contributed by atoms with Crippen LogP contribution in [0.4, 0.5) is 4.79 Å². The highest BCUT2D eigenvalue weighted by Gasteiger charge is 2.39. The predicted octanol–water partition coefficient (Wildman–Crippen LogP) is 1.21. The Morgan fingerprint density at radius 2 is 2.10 bits per heavy atom. The second-order valence-corrected chi connectivity index (χ2v) is 6.64. The van der Waals surface area contributed by atoms with Gasteiger partial charge in [0, 0.05) is 13.1 Å². The molecular formula is C15H25N3O3. The highest BCUT2D eigenvalue weighted by atomic mass is 16.2. The Balaban J connectivity index is 1.94. The number of nitrogens with zero attached hydrogens (tertiary/aromatic N) is 2. The molecule has 118 valence electrons. The molecule has 2 aliphatic rings. The van der Waals surface area contributed by atoms with E-state index in [0.717, 1.165) is 30.8 Å². The van der Waals surface area contributed by atoms with Gasteiger partial charge in [-0.2, -0.15) is 0 Å². The average Bonchev–Trinajstić information content (AvgIpc) is 2.65. The fourth-order valence-corrected chi connectivity index (χ4v) is 3.01. The molecule has 6 nitrogen and oxygen atoms in total. The van der Waals surface area contributed by atoms with Gasteiger partial charge < -0.3 is 10.2 Å². The van der Waals surface area contributed by atoms with Crippen molar-refractivity contribution in [2.24, 2.45) is 11.8 Å². The number of carbonyl (C=O) groups excluding carboxylic acids is 3. The number of likely N-dealkylation sites (tertiary alicyclic amines) is 1. The normalized spacial score (nSPS) is 26.5. The van der Waals surface area contributed by atoms with Gasteiger partial charge in [0.15, 0.2) is 0 Å². The van der Waals surface area contributed by atoms with Gasteiger partial charge in [0.25, 0.3) is 5.91 Å². The summed E-state index contributed by atoms with van der Waals surface area (Å²) in [6.07, 6.45) is 2.72. The Morgan fingerprint density at radius 1 is 1.38 bits per heavy atom. The third-order valence-electron chi connectivity index (χ3n) is 4.12. The monoisotopic (exact) mass is 295 g/mol. The van der Waals surface area contributed by atoms with Crippen molar-refractivity contribution in [2.75, 3.05) is 19.6 Å². The van der Waals surface area contributed by atoms with E-state index in [1.54, 1.807) is 4.90 Å². The van der Waals surface area contributed by atoms with E-state index in [0.29, 0.717) is 18.3 Å². The standard InChI is InChI=1S/C15H25N3O3/c1-10(2)7-12-14(20)18(15(21)16-12)9-13(19)17-6-4-5-11(3)8-17/h10-12H,4-9H2,1-3H3,(H,16,21). The lowest BCUT2D eigenvalue weighted by atomic mass is 10.0. The lowest BCUT2D eigenvalue weighted by Crippen LogP contribution is -2.46. The van der Waals surface area contributed by atoms with Crippen molar-refractivity contribution in [2.45, 2.75) is 46.1 Å². The first-order valence-electron chi connectivity index (χ1n) is 7.78. The SMILES string of the molecule is CC(C)CC1NC(=O)N(CC(=O)N2CCCC(C)C2)C1=O. The van der Waals surface area contributed by atoms with Gasteiger partial charge in [0.1, 0.15) is 12.6 Å². The van der Waals surface area contributed by atoms with Crippen LogP contribution in [0.5, 0.6) is 0 Å². The average molecular weight is 295 g/mol. The van der Waals surface area contributed by atoms with Crippen LogP contribution in [0.1, 0.15) is 40.0 Å². The quantitative estimate of drug-likeness (QED) is 0.793. The van der Waals surface area contributed by atoms with Crippen LogP contribution >= 0.6 is 0 Å². The molecule has 0 aromatic carbocycles. The summed E-state index contributed by atoms with van der Waals surface area (Å²) in [6.45, 7) is 7.43. The van der Waals surface area contributed by atoms with Gasteiger partial charge in [-0.05, 0) is 31.1 Å². The summed E-state index contributed by atoms with van der Waals surface area (Å²) in [6, 6.07) is -0.922. The number of hydrogen-bond acceptors (Lipinski definition) is 3. The molecule has 2 fully saturated rings. The van der Waals surface area contributed by atoms with Crippen molar-refractivity contribution in [3.63, 3.8) is 0 Å². The second kappa shape index (κ2) is 6.45. The largest absolute Gasteiger partial charge is 0.341 e. The Hall–Kier alpha value is -1.59. The molecule has 1 N–H and O–H groups in total. The van der Waals surface area contributed by atoms with Crippen molar-refractivity contribution in [3.8, 4) is 0 Å². The molecule has 4 amide bonds. The molecule has 2 unspecified atom stereocenters. The molecule has 6 heteroatoms. The van der Waals surface area contributed by atoms with Crippen molar-refractivity contribution in [3.05, 3.63) is 0 Å². The highest BCUT2D eigenvalue weighted by Crippen LogP contribution is 2.17. The number of urea groups is 1. The minimum atomic E-state index is -0.481. The van der Waals surface area contributed by atoms with Gasteiger partial charge in [-0.15, -0.1) is 0 Å². The maximum absolute atomic E-state index is 12.3. The molecule has 0 aromatic rings. The molecule has 2 rings (SSSR count). The van der Waals surface area contributed by atoms with E-state index in [1.807, 2.05) is 13.8 Å². The van der Waals surface area contributed by atoms with E-state index >= 15 is 0 Å². The summed E-state index contributed by atoms with van der Waals surface area (Å²) in [5.41, 5.74) is 0. The first kappa shape index (κ1) is 15.8. The third kappa shape index (κ3) is 3.74. The fraction of sp³-hybridized carbons (Fsp3) is 0.800. The lowest BCUT2D eigenvalue weighted by molar-refractivity contribution is -0.138. The van der Waals surface area contributed by atoms with Crippen molar-refractivity contribution < 1.29 is 14.4 Å². The van der Waals surface area contributed by atoms with Gasteiger partial charge in [-0.3, -0.25) is 14.5 Å². The number of amides is 4. The maximum Gasteiger partial charge on any atom is 0.325 e. The molecule has 0 aromatic heterocycles. The Morgan fingerprint density at radius 3 is 2.71 bits per heavy atom. The van der Waals surface area contributed by atoms with Crippen molar-refractivity contribution in [1.82, 2.24) is 15.1 Å². The Bertz CT molecular complexity index is 436. The van der Waals surface area contributed by atoms with E-state index in [2.05, 4.69) is 12.2 Å². The lowest BCUT2D eigenvalue weighted by Gasteiger charge is -2.31. The van der Waals surface area contributed by atoms with Crippen LogP contribution in [-0.4, -0.2) is 53.3 Å². The maximum atomic E-state index is 12.3. The molecule has 21 heavy (non-hydrogen) atoms. The third-order valence-corrected chi connectivity index (χ3v) is 4.12. The van der Waals surface area contributed by atoms with E-state index < -0.39 is 12.1 Å². The molecule has 0 bridgehead atoms. The number of hydrogen-bond donors (Lipinski definition) is 1. The van der Waals surface area contributed by atoms with Crippen molar-refractivity contribution in [1.29, 1.82) is 0 Å². The van der Waals surface area contributed by atoms with E-state index in [4.69, 9.17) is 0 Å². The molecule has 2 heterocycles. The molecule has 0 aliphatic carbocycles. The number of imide groups is 1. The van der Waals surface area contributed by atoms with E-state index in [9.17, 15) is 14.4 Å². The van der Waals surface area contributed by atoms with Crippen LogP contribution in [0.15, 0.2) is 0 Å². The molecule has 2 atom stereocenters. The zero-order valence-electron chi connectivity index (χ0n) is 13.1. The van der Waals surface area contributed by atoms with E-state index in [1.165, 1.54) is 0 Å². The zero-order valence-corrected chi connectivity index (χ0v) is 13.1. The Labute approximate surface area is 125 Å². The molecule has 2 saturated heterocycles. The first-order valence-corrected chi connectivity index (χ1v) is 7.78. The van der Waals surface area contributed by atoms with Crippen LogP contribution in [0, 0.1) is 11.8 Å². The zero-order chi connectivity index (χ0) is 15.6. The summed E-state index contributed by atoms with van der Waals surface area (Å²) in [5, 5.41) is 2.67. The van der Waals surface area contributed by atoms with Crippen LogP contribution in [0.25, 0.3) is 0 Å². The fourth-order valence-electron chi connectivity index (χ4n) is 3.01. The number of piperidine rings is 1. The number of carbonyl (C=O) groups is 3. The van der Waals surface area contributed by atoms with Crippen molar-refractivity contribution >= 4 is 17.8 Å². The number of rotatable bonds is 4. The summed E-state index contributed by atoms with van der Waals surface area (Å²) in [7, 11) is 0. The second-order valence-electron chi connectivity index (χ2n) is 6.64. The molecule has 0 radical (unpaired) electrons. The summed E-state index contributed by atoms with van der Waals surface area (Å²) >= 11 is 0. The summed E-state index contributed by atoms with van der Waals surface area (Å²) in [5.74, 6) is 0.402. The highest BCUT2D eigenvalue weighted by molar-refractivity contribution is 6.06. The summed E-state index contributed by atoms with van der Waals surface area (Å²) in [4.78, 5) is 39.2.